The Labute approximate surface area is 275 Å². The number of rotatable bonds is 10. The molecule has 2 unspecified atom stereocenters. The van der Waals surface area contributed by atoms with Crippen LogP contribution in [0, 0.1) is 6.92 Å². The highest BCUT2D eigenvalue weighted by molar-refractivity contribution is 5.55. The normalized spacial score (nSPS) is 13.0. The molecule has 5 aromatic carbocycles. The van der Waals surface area contributed by atoms with Crippen LogP contribution >= 0.6 is 0 Å². The Morgan fingerprint density at radius 3 is 1.77 bits per heavy atom. The van der Waals surface area contributed by atoms with Crippen LogP contribution in [0.1, 0.15) is 33.5 Å². The largest absolute Gasteiger partial charge is 1.00 e. The van der Waals surface area contributed by atoms with Gasteiger partial charge in [0.15, 0.2) is 0 Å². The summed E-state index contributed by atoms with van der Waals surface area (Å²) < 4.78 is 3.45. The second kappa shape index (κ2) is 14.0. The van der Waals surface area contributed by atoms with E-state index in [1.54, 1.807) is 4.68 Å². The monoisotopic (exact) mass is 628 g/mol. The summed E-state index contributed by atoms with van der Waals surface area (Å²) in [5.74, 6) is 0. The zero-order valence-corrected chi connectivity index (χ0v) is 27.3. The SMILES string of the molecule is Cc1c(C(O)(c2ccc(N(C)Cc3ccccc3)cc2)c2ccc([NH+](C)Cc3ccccc3)cc2)c(=O)n(-c2ccccc2)n1C.[F-]. The summed E-state index contributed by atoms with van der Waals surface area (Å²) in [6, 6.07) is 46.2. The number of aliphatic hydroxyl groups is 1. The number of quaternary nitrogens is 1. The van der Waals surface area contributed by atoms with Gasteiger partial charge in [-0.15, -0.1) is 0 Å². The molecular formula is C40H41FN4O2. The van der Waals surface area contributed by atoms with Crippen molar-refractivity contribution >= 4 is 11.4 Å². The van der Waals surface area contributed by atoms with E-state index in [0.717, 1.165) is 30.2 Å². The number of aromatic nitrogens is 2. The fraction of sp³-hybridized carbons (Fsp3) is 0.175. The van der Waals surface area contributed by atoms with Crippen molar-refractivity contribution in [3.05, 3.63) is 183 Å². The van der Waals surface area contributed by atoms with E-state index < -0.39 is 5.60 Å². The smallest absolute Gasteiger partial charge is 0.278 e. The zero-order chi connectivity index (χ0) is 32.3. The van der Waals surface area contributed by atoms with Crippen molar-refractivity contribution in [3.63, 3.8) is 0 Å². The third kappa shape index (κ3) is 6.54. The summed E-state index contributed by atoms with van der Waals surface area (Å²) in [4.78, 5) is 17.7. The van der Waals surface area contributed by atoms with Gasteiger partial charge in [-0.05, 0) is 72.1 Å². The molecule has 2 N–H and O–H groups in total. The summed E-state index contributed by atoms with van der Waals surface area (Å²) in [7, 11) is 6.06. The van der Waals surface area contributed by atoms with Crippen LogP contribution in [0.15, 0.2) is 144 Å². The van der Waals surface area contributed by atoms with Crippen LogP contribution in [0.2, 0.25) is 0 Å². The minimum Gasteiger partial charge on any atom is -1.00 e. The number of halogens is 1. The molecule has 6 nitrogen and oxygen atoms in total. The highest BCUT2D eigenvalue weighted by Gasteiger charge is 2.40. The average molecular weight is 629 g/mol. The zero-order valence-electron chi connectivity index (χ0n) is 27.3. The van der Waals surface area contributed by atoms with Crippen LogP contribution in [0.25, 0.3) is 5.69 Å². The molecular weight excluding hydrogens is 587 g/mol. The van der Waals surface area contributed by atoms with Crippen molar-refractivity contribution in [2.24, 2.45) is 7.05 Å². The highest BCUT2D eigenvalue weighted by atomic mass is 19.0. The fourth-order valence-corrected chi connectivity index (χ4v) is 6.35. The molecule has 0 spiro atoms. The van der Waals surface area contributed by atoms with Crippen LogP contribution < -0.4 is 20.1 Å². The van der Waals surface area contributed by atoms with E-state index in [0.29, 0.717) is 22.4 Å². The lowest BCUT2D eigenvalue weighted by molar-refractivity contribution is -0.825. The Morgan fingerprint density at radius 1 is 0.723 bits per heavy atom. The number of hydrogen-bond acceptors (Lipinski definition) is 3. The molecule has 0 aliphatic rings. The van der Waals surface area contributed by atoms with Gasteiger partial charge in [-0.25, -0.2) is 4.68 Å². The maximum atomic E-state index is 14.3. The summed E-state index contributed by atoms with van der Waals surface area (Å²) in [6.45, 7) is 3.49. The Balaban J connectivity index is 0.00000433. The number of para-hydroxylation sites is 1. The van der Waals surface area contributed by atoms with Crippen LogP contribution in [-0.4, -0.2) is 28.6 Å². The quantitative estimate of drug-likeness (QED) is 0.246. The van der Waals surface area contributed by atoms with Crippen molar-refractivity contribution < 1.29 is 14.7 Å². The molecule has 0 saturated carbocycles. The topological polar surface area (TPSA) is 54.8 Å². The Morgan fingerprint density at radius 2 is 1.21 bits per heavy atom. The molecule has 7 heteroatoms. The van der Waals surface area contributed by atoms with E-state index in [-0.39, 0.29) is 10.3 Å². The number of benzene rings is 5. The molecule has 1 aromatic heterocycles. The minimum absolute atomic E-state index is 0. The van der Waals surface area contributed by atoms with Crippen LogP contribution in [-0.2, 0) is 25.7 Å². The molecule has 2 atom stereocenters. The number of nitrogens with one attached hydrogen (secondary N) is 1. The molecule has 6 rings (SSSR count). The molecule has 0 radical (unpaired) electrons. The molecule has 6 aromatic rings. The maximum Gasteiger partial charge on any atom is 0.278 e. The predicted molar refractivity (Wildman–Crippen MR) is 186 cm³/mol. The lowest BCUT2D eigenvalue weighted by Gasteiger charge is -2.30. The lowest BCUT2D eigenvalue weighted by Crippen LogP contribution is -3.02. The molecule has 0 fully saturated rings. The highest BCUT2D eigenvalue weighted by Crippen LogP contribution is 2.38. The molecule has 1 heterocycles. The van der Waals surface area contributed by atoms with Gasteiger partial charge < -0.3 is 19.6 Å². The van der Waals surface area contributed by atoms with E-state index >= 15 is 0 Å². The van der Waals surface area contributed by atoms with Gasteiger partial charge in [0.05, 0.1) is 18.3 Å². The van der Waals surface area contributed by atoms with E-state index in [9.17, 15) is 9.90 Å². The Kier molecular flexibility index (Phi) is 9.89. The van der Waals surface area contributed by atoms with Gasteiger partial charge in [-0.3, -0.25) is 9.48 Å². The van der Waals surface area contributed by atoms with Gasteiger partial charge in [0, 0.05) is 37.6 Å². The summed E-state index contributed by atoms with van der Waals surface area (Å²) in [5, 5.41) is 13.0. The lowest BCUT2D eigenvalue weighted by atomic mass is 9.80. The Bertz CT molecular complexity index is 1860. The first-order valence-corrected chi connectivity index (χ1v) is 15.7. The van der Waals surface area contributed by atoms with Crippen molar-refractivity contribution in [1.29, 1.82) is 0 Å². The minimum atomic E-state index is -1.69. The summed E-state index contributed by atoms with van der Waals surface area (Å²) >= 11 is 0. The third-order valence-corrected chi connectivity index (χ3v) is 9.01. The van der Waals surface area contributed by atoms with Gasteiger partial charge in [-0.1, -0.05) is 91.0 Å². The van der Waals surface area contributed by atoms with E-state index in [4.69, 9.17) is 0 Å². The van der Waals surface area contributed by atoms with Gasteiger partial charge in [0.25, 0.3) is 5.56 Å². The Hall–Kier alpha value is -5.24. The first-order chi connectivity index (χ1) is 22.3. The maximum absolute atomic E-state index is 14.3. The average Bonchev–Trinajstić information content (AvgIpc) is 3.32. The van der Waals surface area contributed by atoms with Gasteiger partial charge in [0.2, 0.25) is 0 Å². The van der Waals surface area contributed by atoms with Crippen molar-refractivity contribution in [2.75, 3.05) is 19.0 Å². The van der Waals surface area contributed by atoms with Crippen molar-refractivity contribution in [2.45, 2.75) is 25.6 Å². The standard InChI is InChI=1S/C40H40N4O2.FH/c1-30-38(39(45)44(43(30)4)37-18-12-7-13-19-37)40(46,33-20-24-35(25-21-33)41(2)28-31-14-8-5-9-15-31)34-22-26-36(27-23-34)42(3)29-32-16-10-6-11-17-32;/h5-27,46H,28-29H2,1-4H3;1H. The van der Waals surface area contributed by atoms with Crippen LogP contribution in [0.5, 0.6) is 0 Å². The fourth-order valence-electron chi connectivity index (χ4n) is 6.35. The number of nitrogens with zero attached hydrogens (tertiary/aromatic N) is 3. The van der Waals surface area contributed by atoms with Gasteiger partial charge in [0.1, 0.15) is 17.8 Å². The van der Waals surface area contributed by atoms with Crippen LogP contribution in [0.3, 0.4) is 0 Å². The second-order valence-electron chi connectivity index (χ2n) is 12.1. The van der Waals surface area contributed by atoms with E-state index in [1.165, 1.54) is 16.0 Å². The third-order valence-electron chi connectivity index (χ3n) is 9.01. The molecule has 0 aliphatic carbocycles. The van der Waals surface area contributed by atoms with Crippen molar-refractivity contribution in [1.82, 2.24) is 9.36 Å². The molecule has 0 aliphatic heterocycles. The molecule has 0 bridgehead atoms. The van der Waals surface area contributed by atoms with Crippen LogP contribution in [0.4, 0.5) is 11.4 Å². The van der Waals surface area contributed by atoms with Gasteiger partial charge >= 0.3 is 0 Å². The van der Waals surface area contributed by atoms with Gasteiger partial charge in [-0.2, -0.15) is 0 Å². The first kappa shape index (κ1) is 33.1. The van der Waals surface area contributed by atoms with E-state index in [2.05, 4.69) is 67.5 Å². The molecule has 240 valence electrons. The predicted octanol–water partition coefficient (Wildman–Crippen LogP) is 2.76. The molecule has 0 amide bonds. The molecule has 47 heavy (non-hydrogen) atoms. The number of hydrogen-bond donors (Lipinski definition) is 2. The summed E-state index contributed by atoms with van der Waals surface area (Å²) in [5.41, 5.74) is 5.67. The molecule has 0 saturated heterocycles. The second-order valence-corrected chi connectivity index (χ2v) is 12.1. The van der Waals surface area contributed by atoms with Crippen molar-refractivity contribution in [3.8, 4) is 5.69 Å². The van der Waals surface area contributed by atoms with E-state index in [1.807, 2.05) is 110 Å². The number of anilines is 1. The summed E-state index contributed by atoms with van der Waals surface area (Å²) in [6.07, 6.45) is 0. The first-order valence-electron chi connectivity index (χ1n) is 15.7.